The number of aliphatic hydroxyl groups excluding tert-OH is 1. The molecule has 2 rings (SSSR count). The monoisotopic (exact) mass is 209 g/mol. The van der Waals surface area contributed by atoms with Gasteiger partial charge in [0.15, 0.2) is 0 Å². The molecule has 3 atom stereocenters. The number of nitrogens with zero attached hydrogens (tertiary/aromatic N) is 1. The van der Waals surface area contributed by atoms with Crippen molar-refractivity contribution >= 4 is 5.91 Å². The predicted molar refractivity (Wildman–Crippen MR) is 58.0 cm³/mol. The Balaban J connectivity index is 2.12. The number of carbonyl (C=O) groups is 1. The van der Waals surface area contributed by atoms with Gasteiger partial charge in [-0.2, -0.15) is 0 Å². The van der Waals surface area contributed by atoms with Crippen LogP contribution in [0, 0.1) is 5.92 Å². The Morgan fingerprint density at radius 2 is 2.07 bits per heavy atom. The summed E-state index contributed by atoms with van der Waals surface area (Å²) < 4.78 is 0. The molecule has 1 saturated heterocycles. The van der Waals surface area contributed by atoms with E-state index in [2.05, 4.69) is 6.58 Å². The first-order valence-electron chi connectivity index (χ1n) is 5.86. The molecular formula is C12H19NO2. The van der Waals surface area contributed by atoms with Crippen molar-refractivity contribution in [2.75, 3.05) is 0 Å². The SMILES string of the molecule is C=C[C@H]1CCCC[C@H]1N1C(=O)CCC1O. The van der Waals surface area contributed by atoms with Gasteiger partial charge in [0, 0.05) is 18.9 Å². The van der Waals surface area contributed by atoms with E-state index in [4.69, 9.17) is 0 Å². The molecule has 1 aliphatic carbocycles. The summed E-state index contributed by atoms with van der Waals surface area (Å²) in [7, 11) is 0. The smallest absolute Gasteiger partial charge is 0.225 e. The molecule has 15 heavy (non-hydrogen) atoms. The van der Waals surface area contributed by atoms with Crippen molar-refractivity contribution in [3.63, 3.8) is 0 Å². The van der Waals surface area contributed by atoms with Crippen molar-refractivity contribution in [3.8, 4) is 0 Å². The Labute approximate surface area is 90.8 Å². The van der Waals surface area contributed by atoms with Crippen molar-refractivity contribution in [2.45, 2.75) is 50.8 Å². The van der Waals surface area contributed by atoms with Gasteiger partial charge < -0.3 is 10.0 Å². The number of amides is 1. The lowest BCUT2D eigenvalue weighted by Gasteiger charge is -2.38. The topological polar surface area (TPSA) is 40.5 Å². The second kappa shape index (κ2) is 4.35. The molecule has 1 aliphatic heterocycles. The highest BCUT2D eigenvalue weighted by Crippen LogP contribution is 2.33. The molecule has 1 unspecified atom stereocenters. The fourth-order valence-corrected chi connectivity index (χ4v) is 2.85. The minimum atomic E-state index is -0.553. The van der Waals surface area contributed by atoms with E-state index in [-0.39, 0.29) is 11.9 Å². The Hall–Kier alpha value is -0.830. The lowest BCUT2D eigenvalue weighted by atomic mass is 9.83. The van der Waals surface area contributed by atoms with Crippen molar-refractivity contribution in [1.82, 2.24) is 4.90 Å². The van der Waals surface area contributed by atoms with Crippen LogP contribution in [0.3, 0.4) is 0 Å². The summed E-state index contributed by atoms with van der Waals surface area (Å²) in [5.41, 5.74) is 0. The van der Waals surface area contributed by atoms with Crippen molar-refractivity contribution in [2.24, 2.45) is 5.92 Å². The van der Waals surface area contributed by atoms with Crippen molar-refractivity contribution in [3.05, 3.63) is 12.7 Å². The maximum absolute atomic E-state index is 11.7. The minimum absolute atomic E-state index is 0.112. The van der Waals surface area contributed by atoms with E-state index in [1.165, 1.54) is 6.42 Å². The summed E-state index contributed by atoms with van der Waals surface area (Å²) >= 11 is 0. The van der Waals surface area contributed by atoms with E-state index in [1.54, 1.807) is 4.90 Å². The van der Waals surface area contributed by atoms with Crippen LogP contribution in [0.15, 0.2) is 12.7 Å². The third kappa shape index (κ3) is 1.93. The fraction of sp³-hybridized carbons (Fsp3) is 0.750. The molecule has 0 aromatic heterocycles. The minimum Gasteiger partial charge on any atom is -0.373 e. The van der Waals surface area contributed by atoms with E-state index in [1.807, 2.05) is 6.08 Å². The molecule has 0 spiro atoms. The molecule has 1 amide bonds. The molecule has 0 radical (unpaired) electrons. The van der Waals surface area contributed by atoms with Crippen LogP contribution in [0.2, 0.25) is 0 Å². The number of hydrogen-bond donors (Lipinski definition) is 1. The standard InChI is InChI=1S/C12H19NO2/c1-2-9-5-3-4-6-10(9)13-11(14)7-8-12(13)15/h2,9-11,14H,1,3-8H2/t9-,10+,11?/m0/s1. The highest BCUT2D eigenvalue weighted by Gasteiger charge is 2.38. The number of carbonyl (C=O) groups excluding carboxylic acids is 1. The van der Waals surface area contributed by atoms with Crippen LogP contribution in [0.4, 0.5) is 0 Å². The van der Waals surface area contributed by atoms with Crippen molar-refractivity contribution < 1.29 is 9.90 Å². The van der Waals surface area contributed by atoms with Gasteiger partial charge in [-0.3, -0.25) is 4.79 Å². The molecule has 1 saturated carbocycles. The molecule has 1 N–H and O–H groups in total. The lowest BCUT2D eigenvalue weighted by molar-refractivity contribution is -0.138. The van der Waals surface area contributed by atoms with Gasteiger partial charge in [0.05, 0.1) is 0 Å². The van der Waals surface area contributed by atoms with Crippen molar-refractivity contribution in [1.29, 1.82) is 0 Å². The molecule has 2 aliphatic rings. The van der Waals surface area contributed by atoms with Crippen LogP contribution in [-0.4, -0.2) is 28.2 Å². The summed E-state index contributed by atoms with van der Waals surface area (Å²) in [6.45, 7) is 3.84. The first-order chi connectivity index (χ1) is 7.24. The van der Waals surface area contributed by atoms with Crippen LogP contribution >= 0.6 is 0 Å². The van der Waals surface area contributed by atoms with Gasteiger partial charge in [-0.25, -0.2) is 0 Å². The number of likely N-dealkylation sites (tertiary alicyclic amines) is 1. The number of aliphatic hydroxyl groups is 1. The second-order valence-corrected chi connectivity index (χ2v) is 4.57. The largest absolute Gasteiger partial charge is 0.373 e. The van der Waals surface area contributed by atoms with Gasteiger partial charge in [-0.1, -0.05) is 18.9 Å². The predicted octanol–water partition coefficient (Wildman–Crippen LogP) is 1.67. The van der Waals surface area contributed by atoms with Gasteiger partial charge in [0.25, 0.3) is 0 Å². The number of hydrogen-bond acceptors (Lipinski definition) is 2. The molecule has 3 heteroatoms. The Morgan fingerprint density at radius 1 is 1.33 bits per heavy atom. The average Bonchev–Trinajstić information content (AvgIpc) is 2.59. The quantitative estimate of drug-likeness (QED) is 0.703. The zero-order valence-corrected chi connectivity index (χ0v) is 9.06. The van der Waals surface area contributed by atoms with Crippen LogP contribution in [-0.2, 0) is 4.79 Å². The molecule has 0 aromatic carbocycles. The summed E-state index contributed by atoms with van der Waals surface area (Å²) in [6.07, 6.45) is 6.98. The number of rotatable bonds is 2. The fourth-order valence-electron chi connectivity index (χ4n) is 2.85. The third-order valence-corrected chi connectivity index (χ3v) is 3.67. The van der Waals surface area contributed by atoms with E-state index in [0.29, 0.717) is 18.8 Å². The van der Waals surface area contributed by atoms with Gasteiger partial charge in [0.2, 0.25) is 5.91 Å². The highest BCUT2D eigenvalue weighted by molar-refractivity contribution is 5.78. The molecule has 0 aromatic rings. The lowest BCUT2D eigenvalue weighted by Crippen LogP contribution is -2.46. The second-order valence-electron chi connectivity index (χ2n) is 4.57. The van der Waals surface area contributed by atoms with Crippen LogP contribution < -0.4 is 0 Å². The van der Waals surface area contributed by atoms with Gasteiger partial charge in [0.1, 0.15) is 6.23 Å². The maximum Gasteiger partial charge on any atom is 0.225 e. The Bertz CT molecular complexity index is 264. The van der Waals surface area contributed by atoms with Crippen LogP contribution in [0.1, 0.15) is 38.5 Å². The first-order valence-corrected chi connectivity index (χ1v) is 5.86. The third-order valence-electron chi connectivity index (χ3n) is 3.67. The first kappa shape index (κ1) is 10.7. The maximum atomic E-state index is 11.7. The summed E-state index contributed by atoms with van der Waals surface area (Å²) in [5.74, 6) is 0.483. The van der Waals surface area contributed by atoms with E-state index < -0.39 is 6.23 Å². The summed E-state index contributed by atoms with van der Waals surface area (Å²) in [5, 5.41) is 9.80. The molecule has 84 valence electrons. The summed E-state index contributed by atoms with van der Waals surface area (Å²) in [6, 6.07) is 0.196. The van der Waals surface area contributed by atoms with E-state index in [9.17, 15) is 9.90 Å². The Kier molecular flexibility index (Phi) is 3.10. The molecule has 2 fully saturated rings. The van der Waals surface area contributed by atoms with Gasteiger partial charge in [-0.05, 0) is 18.8 Å². The average molecular weight is 209 g/mol. The normalized spacial score (nSPS) is 37.0. The zero-order valence-electron chi connectivity index (χ0n) is 9.06. The summed E-state index contributed by atoms with van der Waals surface area (Å²) in [4.78, 5) is 13.4. The molecular weight excluding hydrogens is 190 g/mol. The molecule has 0 bridgehead atoms. The Morgan fingerprint density at radius 3 is 2.67 bits per heavy atom. The molecule has 3 nitrogen and oxygen atoms in total. The van der Waals surface area contributed by atoms with E-state index >= 15 is 0 Å². The zero-order chi connectivity index (χ0) is 10.8. The van der Waals surface area contributed by atoms with Gasteiger partial charge in [-0.15, -0.1) is 6.58 Å². The van der Waals surface area contributed by atoms with Crippen LogP contribution in [0.25, 0.3) is 0 Å². The van der Waals surface area contributed by atoms with Crippen LogP contribution in [0.5, 0.6) is 0 Å². The van der Waals surface area contributed by atoms with Gasteiger partial charge >= 0.3 is 0 Å². The highest BCUT2D eigenvalue weighted by atomic mass is 16.3. The molecule has 1 heterocycles. The van der Waals surface area contributed by atoms with E-state index in [0.717, 1.165) is 19.3 Å².